The second-order valence-electron chi connectivity index (χ2n) is 7.19. The third-order valence-electron chi connectivity index (χ3n) is 4.91. The molecule has 1 heterocycles. The van der Waals surface area contributed by atoms with Crippen LogP contribution in [0.1, 0.15) is 38.3 Å². The van der Waals surface area contributed by atoms with E-state index in [0.29, 0.717) is 13.1 Å². The highest BCUT2D eigenvalue weighted by molar-refractivity contribution is 7.89. The molecule has 1 aliphatic rings. The molecule has 0 radical (unpaired) electrons. The first kappa shape index (κ1) is 19.6. The van der Waals surface area contributed by atoms with E-state index in [0.717, 1.165) is 29.7 Å². The van der Waals surface area contributed by atoms with Crippen molar-refractivity contribution < 1.29 is 13.2 Å². The van der Waals surface area contributed by atoms with E-state index in [1.807, 2.05) is 44.2 Å². The first-order valence-corrected chi connectivity index (χ1v) is 10.7. The Morgan fingerprint density at radius 1 is 1.15 bits per heavy atom. The Kier molecular flexibility index (Phi) is 5.67. The van der Waals surface area contributed by atoms with Gasteiger partial charge in [-0.05, 0) is 56.0 Å². The summed E-state index contributed by atoms with van der Waals surface area (Å²) in [5, 5.41) is 0. The molecule has 6 heteroatoms. The Morgan fingerprint density at radius 2 is 1.85 bits per heavy atom. The van der Waals surface area contributed by atoms with Gasteiger partial charge in [-0.2, -0.15) is 4.31 Å². The van der Waals surface area contributed by atoms with Crippen molar-refractivity contribution in [2.75, 3.05) is 11.4 Å². The van der Waals surface area contributed by atoms with Crippen LogP contribution in [-0.2, 0) is 27.8 Å². The number of rotatable bonds is 5. The fraction of sp³-hybridized carbons (Fsp3) is 0.381. The number of carbonyl (C=O) groups excluding carboxylic acids is 1. The maximum absolute atomic E-state index is 13.3. The van der Waals surface area contributed by atoms with Gasteiger partial charge >= 0.3 is 0 Å². The molecule has 0 aliphatic carbocycles. The normalized spacial score (nSPS) is 14.5. The minimum Gasteiger partial charge on any atom is -0.312 e. The molecule has 0 unspecified atom stereocenters. The first-order chi connectivity index (χ1) is 12.8. The molecule has 144 valence electrons. The first-order valence-electron chi connectivity index (χ1n) is 9.27. The molecule has 0 fully saturated rings. The minimum absolute atomic E-state index is 0.0144. The molecule has 3 rings (SSSR count). The Balaban J connectivity index is 1.96. The third-order valence-corrected chi connectivity index (χ3v) is 6.93. The summed E-state index contributed by atoms with van der Waals surface area (Å²) in [7, 11) is -3.64. The van der Waals surface area contributed by atoms with Crippen molar-refractivity contribution in [3.8, 4) is 0 Å². The number of hydrogen-bond acceptors (Lipinski definition) is 3. The van der Waals surface area contributed by atoms with Crippen LogP contribution in [0.5, 0.6) is 0 Å². The van der Waals surface area contributed by atoms with Crippen LogP contribution in [0.2, 0.25) is 0 Å². The summed E-state index contributed by atoms with van der Waals surface area (Å²) in [6.07, 6.45) is 1.62. The Morgan fingerprint density at radius 3 is 2.48 bits per heavy atom. The van der Waals surface area contributed by atoms with Gasteiger partial charge in [0.1, 0.15) is 0 Å². The minimum atomic E-state index is -3.64. The average molecular weight is 387 g/mol. The van der Waals surface area contributed by atoms with Gasteiger partial charge in [-0.25, -0.2) is 8.42 Å². The van der Waals surface area contributed by atoms with Gasteiger partial charge in [0.25, 0.3) is 0 Å². The van der Waals surface area contributed by atoms with E-state index in [2.05, 4.69) is 0 Å². The van der Waals surface area contributed by atoms with Crippen LogP contribution in [0.25, 0.3) is 0 Å². The van der Waals surface area contributed by atoms with E-state index in [-0.39, 0.29) is 16.8 Å². The van der Waals surface area contributed by atoms with E-state index < -0.39 is 10.0 Å². The number of anilines is 1. The van der Waals surface area contributed by atoms with Crippen LogP contribution in [-0.4, -0.2) is 31.2 Å². The molecule has 2 aromatic rings. The highest BCUT2D eigenvalue weighted by Crippen LogP contribution is 2.31. The second kappa shape index (κ2) is 7.82. The van der Waals surface area contributed by atoms with Gasteiger partial charge < -0.3 is 4.90 Å². The number of nitrogens with zero attached hydrogens (tertiary/aromatic N) is 2. The maximum atomic E-state index is 13.3. The van der Waals surface area contributed by atoms with E-state index in [9.17, 15) is 13.2 Å². The van der Waals surface area contributed by atoms with Crippen molar-refractivity contribution in [3.05, 3.63) is 59.7 Å². The number of amides is 1. The monoisotopic (exact) mass is 386 g/mol. The molecule has 0 saturated carbocycles. The number of benzene rings is 2. The predicted octanol–water partition coefficient (Wildman–Crippen LogP) is 3.59. The van der Waals surface area contributed by atoms with Crippen LogP contribution in [0.3, 0.4) is 0 Å². The molecular weight excluding hydrogens is 360 g/mol. The Labute approximate surface area is 161 Å². The summed E-state index contributed by atoms with van der Waals surface area (Å²) in [6, 6.07) is 14.6. The maximum Gasteiger partial charge on any atom is 0.243 e. The highest BCUT2D eigenvalue weighted by Gasteiger charge is 2.29. The van der Waals surface area contributed by atoms with Crippen LogP contribution in [0.15, 0.2) is 53.4 Å². The molecule has 1 aliphatic heterocycles. The topological polar surface area (TPSA) is 57.7 Å². The van der Waals surface area contributed by atoms with E-state index >= 15 is 0 Å². The number of carbonyl (C=O) groups is 1. The van der Waals surface area contributed by atoms with Crippen LogP contribution >= 0.6 is 0 Å². The second-order valence-corrected chi connectivity index (χ2v) is 9.08. The lowest BCUT2D eigenvalue weighted by molar-refractivity contribution is -0.116. The quantitative estimate of drug-likeness (QED) is 0.789. The Hall–Kier alpha value is -2.18. The van der Waals surface area contributed by atoms with Gasteiger partial charge in [0.2, 0.25) is 15.9 Å². The van der Waals surface area contributed by atoms with Gasteiger partial charge in [-0.1, -0.05) is 30.3 Å². The number of hydrogen-bond donors (Lipinski definition) is 0. The van der Waals surface area contributed by atoms with Crippen molar-refractivity contribution in [1.29, 1.82) is 0 Å². The van der Waals surface area contributed by atoms with Gasteiger partial charge in [-0.15, -0.1) is 0 Å². The summed E-state index contributed by atoms with van der Waals surface area (Å²) in [5.74, 6) is -0.0144. The lowest BCUT2D eigenvalue weighted by Gasteiger charge is -2.30. The zero-order chi connectivity index (χ0) is 19.6. The van der Waals surface area contributed by atoms with Crippen molar-refractivity contribution in [3.63, 3.8) is 0 Å². The van der Waals surface area contributed by atoms with Crippen molar-refractivity contribution in [1.82, 2.24) is 4.31 Å². The van der Waals surface area contributed by atoms with Crippen molar-refractivity contribution in [2.45, 2.75) is 51.1 Å². The van der Waals surface area contributed by atoms with Gasteiger partial charge in [0.05, 0.1) is 4.90 Å². The lowest BCUT2D eigenvalue weighted by atomic mass is 10.0. The van der Waals surface area contributed by atoms with E-state index in [1.165, 1.54) is 4.31 Å². The average Bonchev–Trinajstić information content (AvgIpc) is 2.65. The lowest BCUT2D eigenvalue weighted by Crippen LogP contribution is -2.37. The molecule has 0 bridgehead atoms. The molecule has 0 N–H and O–H groups in total. The summed E-state index contributed by atoms with van der Waals surface area (Å²) in [5.41, 5.74) is 2.70. The summed E-state index contributed by atoms with van der Waals surface area (Å²) in [6.45, 7) is 6.32. The number of sulfonamides is 1. The zero-order valence-electron chi connectivity index (χ0n) is 16.1. The third kappa shape index (κ3) is 4.06. The molecular formula is C21H26N2O3S. The number of fused-ring (bicyclic) bond motifs is 1. The molecule has 27 heavy (non-hydrogen) atoms. The predicted molar refractivity (Wildman–Crippen MR) is 107 cm³/mol. The Bertz CT molecular complexity index is 924. The van der Waals surface area contributed by atoms with Crippen molar-refractivity contribution in [2.24, 2.45) is 0 Å². The largest absolute Gasteiger partial charge is 0.312 e. The van der Waals surface area contributed by atoms with Gasteiger partial charge in [-0.3, -0.25) is 4.79 Å². The summed E-state index contributed by atoms with van der Waals surface area (Å²) < 4.78 is 28.2. The van der Waals surface area contributed by atoms with Crippen LogP contribution in [0, 0.1) is 0 Å². The number of aryl methyl sites for hydroxylation is 1. The van der Waals surface area contributed by atoms with Gasteiger partial charge in [0, 0.05) is 31.7 Å². The van der Waals surface area contributed by atoms with E-state index in [4.69, 9.17) is 0 Å². The fourth-order valence-corrected chi connectivity index (χ4v) is 5.18. The van der Waals surface area contributed by atoms with Crippen molar-refractivity contribution >= 4 is 21.6 Å². The van der Waals surface area contributed by atoms with Gasteiger partial charge in [0.15, 0.2) is 0 Å². The standard InChI is InChI=1S/C21H26N2O3S/c1-16(2)23(15-18-8-5-4-6-9-18)27(25,26)20-11-12-21-19(14-20)10-7-13-22(21)17(3)24/h4-6,8-9,11-12,14,16H,7,10,13,15H2,1-3H3. The smallest absolute Gasteiger partial charge is 0.243 e. The summed E-state index contributed by atoms with van der Waals surface area (Å²) in [4.78, 5) is 13.9. The van der Waals surface area contributed by atoms with Crippen LogP contribution < -0.4 is 4.90 Å². The zero-order valence-corrected chi connectivity index (χ0v) is 16.9. The molecule has 0 atom stereocenters. The molecule has 5 nitrogen and oxygen atoms in total. The molecule has 2 aromatic carbocycles. The molecule has 0 spiro atoms. The highest BCUT2D eigenvalue weighted by atomic mass is 32.2. The van der Waals surface area contributed by atoms with Crippen LogP contribution in [0.4, 0.5) is 5.69 Å². The molecule has 1 amide bonds. The SMILES string of the molecule is CC(=O)N1CCCc2cc(S(=O)(=O)N(Cc3ccccc3)C(C)C)ccc21. The fourth-order valence-electron chi connectivity index (χ4n) is 3.50. The molecule has 0 saturated heterocycles. The van der Waals surface area contributed by atoms with E-state index in [1.54, 1.807) is 30.0 Å². The summed E-state index contributed by atoms with van der Waals surface area (Å²) >= 11 is 0. The molecule has 0 aromatic heterocycles.